The van der Waals surface area contributed by atoms with E-state index < -0.39 is 11.7 Å². The Morgan fingerprint density at radius 2 is 1.33 bits per heavy atom. The average molecular weight is 375 g/mol. The number of aromatic nitrogens is 2. The van der Waals surface area contributed by atoms with Crippen LogP contribution in [0.5, 0.6) is 5.75 Å². The summed E-state index contributed by atoms with van der Waals surface area (Å²) in [6.45, 7) is 0. The molecule has 1 aromatic heterocycles. The Morgan fingerprint density at radius 3 is 1.78 bits per heavy atom. The fourth-order valence-corrected chi connectivity index (χ4v) is 2.29. The molecule has 6 nitrogen and oxygen atoms in total. The van der Waals surface area contributed by atoms with Gasteiger partial charge in [-0.1, -0.05) is 0 Å². The maximum atomic E-state index is 12.6. The van der Waals surface area contributed by atoms with Gasteiger partial charge in [0.1, 0.15) is 17.8 Å². The summed E-state index contributed by atoms with van der Waals surface area (Å²) in [7, 11) is 1.57. The number of rotatable bonds is 5. The maximum Gasteiger partial charge on any atom is 0.416 e. The number of benzene rings is 2. The maximum absolute atomic E-state index is 12.6. The Bertz CT molecular complexity index is 912. The number of hydrogen-bond acceptors (Lipinski definition) is 6. The molecule has 27 heavy (non-hydrogen) atoms. The molecule has 0 atom stereocenters. The quantitative estimate of drug-likeness (QED) is 0.606. The number of nitrogen functional groups attached to an aromatic ring is 1. The number of ether oxygens (including phenoxy) is 1. The lowest BCUT2D eigenvalue weighted by atomic mass is 10.2. The van der Waals surface area contributed by atoms with Gasteiger partial charge in [-0.15, -0.1) is 0 Å². The summed E-state index contributed by atoms with van der Waals surface area (Å²) in [5.41, 5.74) is 6.74. The molecular formula is C18H16F3N5O. The van der Waals surface area contributed by atoms with E-state index in [-0.39, 0.29) is 11.5 Å². The first-order valence-electron chi connectivity index (χ1n) is 7.82. The third-order valence-electron chi connectivity index (χ3n) is 3.71. The van der Waals surface area contributed by atoms with Gasteiger partial charge in [0.15, 0.2) is 11.6 Å². The monoisotopic (exact) mass is 375 g/mol. The Balaban J connectivity index is 1.78. The van der Waals surface area contributed by atoms with Crippen LogP contribution in [0, 0.1) is 0 Å². The van der Waals surface area contributed by atoms with Gasteiger partial charge < -0.3 is 21.1 Å². The van der Waals surface area contributed by atoms with Crippen molar-refractivity contribution in [1.82, 2.24) is 9.97 Å². The summed E-state index contributed by atoms with van der Waals surface area (Å²) < 4.78 is 43.0. The Kier molecular flexibility index (Phi) is 5.02. The molecule has 0 aliphatic rings. The second kappa shape index (κ2) is 7.40. The summed E-state index contributed by atoms with van der Waals surface area (Å²) in [4.78, 5) is 8.14. The molecule has 0 radical (unpaired) electrons. The van der Waals surface area contributed by atoms with Crippen LogP contribution in [0.15, 0.2) is 54.9 Å². The van der Waals surface area contributed by atoms with Gasteiger partial charge in [0.05, 0.1) is 12.7 Å². The van der Waals surface area contributed by atoms with Crippen LogP contribution in [-0.4, -0.2) is 17.1 Å². The number of alkyl halides is 3. The molecule has 1 heterocycles. The predicted molar refractivity (Wildman–Crippen MR) is 97.4 cm³/mol. The Labute approximate surface area is 153 Å². The molecule has 0 saturated carbocycles. The van der Waals surface area contributed by atoms with Crippen LogP contribution in [0.2, 0.25) is 0 Å². The lowest BCUT2D eigenvalue weighted by Gasteiger charge is -2.13. The van der Waals surface area contributed by atoms with Gasteiger partial charge in [-0.2, -0.15) is 13.2 Å². The molecule has 4 N–H and O–H groups in total. The normalized spacial score (nSPS) is 11.1. The summed E-state index contributed by atoms with van der Waals surface area (Å²) in [6.07, 6.45) is -3.09. The van der Waals surface area contributed by atoms with Crippen LogP contribution < -0.4 is 21.1 Å². The summed E-state index contributed by atoms with van der Waals surface area (Å²) in [6, 6.07) is 11.7. The third kappa shape index (κ3) is 4.38. The number of methoxy groups -OCH3 is 1. The molecule has 0 fully saturated rings. The highest BCUT2D eigenvalue weighted by molar-refractivity contribution is 5.80. The first-order chi connectivity index (χ1) is 12.9. The van der Waals surface area contributed by atoms with E-state index in [1.807, 2.05) is 0 Å². The van der Waals surface area contributed by atoms with Crippen molar-refractivity contribution in [2.75, 3.05) is 23.5 Å². The first kappa shape index (κ1) is 18.3. The largest absolute Gasteiger partial charge is 0.497 e. The minimum absolute atomic E-state index is 0.230. The van der Waals surface area contributed by atoms with E-state index in [0.29, 0.717) is 17.3 Å². The van der Waals surface area contributed by atoms with Crippen LogP contribution in [0.3, 0.4) is 0 Å². The molecule has 0 spiro atoms. The molecule has 3 aromatic rings. The van der Waals surface area contributed by atoms with E-state index in [1.165, 1.54) is 18.5 Å². The van der Waals surface area contributed by atoms with Crippen LogP contribution in [0.1, 0.15) is 5.56 Å². The smallest absolute Gasteiger partial charge is 0.416 e. The standard InChI is InChI=1S/C18H16F3N5O/c1-27-14-8-6-13(7-9-14)26-17-15(22)16(23-10-24-17)25-12-4-2-11(3-5-12)18(19,20)21/h2-10H,22H2,1H3,(H2,23,24,25,26). The first-order valence-corrected chi connectivity index (χ1v) is 7.82. The topological polar surface area (TPSA) is 85.1 Å². The SMILES string of the molecule is COc1ccc(Nc2ncnc(Nc3ccc(C(F)(F)F)cc3)c2N)cc1. The van der Waals surface area contributed by atoms with E-state index >= 15 is 0 Å². The molecule has 0 bridgehead atoms. The van der Waals surface area contributed by atoms with Gasteiger partial charge >= 0.3 is 6.18 Å². The number of nitrogens with two attached hydrogens (primary N) is 1. The fraction of sp³-hybridized carbons (Fsp3) is 0.111. The highest BCUT2D eigenvalue weighted by Gasteiger charge is 2.29. The zero-order valence-corrected chi connectivity index (χ0v) is 14.2. The summed E-state index contributed by atoms with van der Waals surface area (Å²) in [5, 5.41) is 5.95. The number of anilines is 5. The summed E-state index contributed by atoms with van der Waals surface area (Å²) >= 11 is 0. The number of hydrogen-bond donors (Lipinski definition) is 3. The van der Waals surface area contributed by atoms with Crippen molar-refractivity contribution in [2.24, 2.45) is 0 Å². The Morgan fingerprint density at radius 1 is 0.852 bits per heavy atom. The lowest BCUT2D eigenvalue weighted by molar-refractivity contribution is -0.137. The number of nitrogens with zero attached hydrogens (tertiary/aromatic N) is 2. The van der Waals surface area contributed by atoms with Crippen LogP contribution >= 0.6 is 0 Å². The zero-order valence-electron chi connectivity index (χ0n) is 14.2. The van der Waals surface area contributed by atoms with Crippen LogP contribution in [0.25, 0.3) is 0 Å². The van der Waals surface area contributed by atoms with E-state index in [2.05, 4.69) is 20.6 Å². The molecule has 0 saturated heterocycles. The van der Waals surface area contributed by atoms with E-state index in [9.17, 15) is 13.2 Å². The van der Waals surface area contributed by atoms with Crippen molar-refractivity contribution in [3.8, 4) is 5.75 Å². The lowest BCUT2D eigenvalue weighted by Crippen LogP contribution is -2.06. The van der Waals surface area contributed by atoms with Gasteiger partial charge in [-0.3, -0.25) is 0 Å². The highest BCUT2D eigenvalue weighted by atomic mass is 19.4. The molecule has 2 aromatic carbocycles. The highest BCUT2D eigenvalue weighted by Crippen LogP contribution is 2.32. The van der Waals surface area contributed by atoms with Gasteiger partial charge in [-0.25, -0.2) is 9.97 Å². The second-order valence-electron chi connectivity index (χ2n) is 5.54. The van der Waals surface area contributed by atoms with E-state index in [1.54, 1.807) is 31.4 Å². The number of halogens is 3. The fourth-order valence-electron chi connectivity index (χ4n) is 2.29. The molecule has 140 valence electrons. The van der Waals surface area contributed by atoms with Gasteiger partial charge in [0, 0.05) is 11.4 Å². The third-order valence-corrected chi connectivity index (χ3v) is 3.71. The van der Waals surface area contributed by atoms with E-state index in [4.69, 9.17) is 10.5 Å². The zero-order chi connectivity index (χ0) is 19.4. The molecule has 3 rings (SSSR count). The van der Waals surface area contributed by atoms with Gasteiger partial charge in [0.25, 0.3) is 0 Å². The van der Waals surface area contributed by atoms with Crippen molar-refractivity contribution in [3.05, 3.63) is 60.4 Å². The molecular weight excluding hydrogens is 359 g/mol. The van der Waals surface area contributed by atoms with E-state index in [0.717, 1.165) is 17.8 Å². The second-order valence-corrected chi connectivity index (χ2v) is 5.54. The summed E-state index contributed by atoms with van der Waals surface area (Å²) in [5.74, 6) is 1.35. The predicted octanol–water partition coefficient (Wildman–Crippen LogP) is 4.57. The molecule has 0 aliphatic heterocycles. The number of nitrogens with one attached hydrogen (secondary N) is 2. The van der Waals surface area contributed by atoms with Crippen molar-refractivity contribution >= 4 is 28.7 Å². The van der Waals surface area contributed by atoms with Gasteiger partial charge in [-0.05, 0) is 48.5 Å². The van der Waals surface area contributed by atoms with Gasteiger partial charge in [0.2, 0.25) is 0 Å². The van der Waals surface area contributed by atoms with Crippen molar-refractivity contribution in [3.63, 3.8) is 0 Å². The molecule has 0 aliphatic carbocycles. The van der Waals surface area contributed by atoms with Crippen LogP contribution in [-0.2, 0) is 6.18 Å². The molecule has 9 heteroatoms. The van der Waals surface area contributed by atoms with Crippen molar-refractivity contribution in [2.45, 2.75) is 6.18 Å². The van der Waals surface area contributed by atoms with Crippen molar-refractivity contribution in [1.29, 1.82) is 0 Å². The minimum Gasteiger partial charge on any atom is -0.497 e. The molecule has 0 unspecified atom stereocenters. The van der Waals surface area contributed by atoms with Crippen LogP contribution in [0.4, 0.5) is 41.9 Å². The minimum atomic E-state index is -4.39. The Hall–Kier alpha value is -3.49. The van der Waals surface area contributed by atoms with Crippen molar-refractivity contribution < 1.29 is 17.9 Å². The molecule has 0 amide bonds. The average Bonchev–Trinajstić information content (AvgIpc) is 2.65.